The maximum absolute atomic E-state index is 12.5. The Balaban J connectivity index is 1.79. The van der Waals surface area contributed by atoms with Crippen LogP contribution >= 0.6 is 11.3 Å². The summed E-state index contributed by atoms with van der Waals surface area (Å²) in [7, 11) is 0. The average Bonchev–Trinajstić information content (AvgIpc) is 2.91. The molecule has 1 aromatic heterocycles. The van der Waals surface area contributed by atoms with Crippen LogP contribution in [0.5, 0.6) is 5.75 Å². The number of nitrogens with zero attached hydrogens (tertiary/aromatic N) is 1. The van der Waals surface area contributed by atoms with Gasteiger partial charge in [-0.2, -0.15) is 0 Å². The van der Waals surface area contributed by atoms with Crippen molar-refractivity contribution in [2.75, 3.05) is 24.6 Å². The van der Waals surface area contributed by atoms with Crippen molar-refractivity contribution < 1.29 is 9.53 Å². The highest BCUT2D eigenvalue weighted by molar-refractivity contribution is 7.14. The quantitative estimate of drug-likeness (QED) is 0.805. The number of ether oxygens (including phenoxy) is 1. The molecule has 0 spiro atoms. The van der Waals surface area contributed by atoms with Crippen LogP contribution in [-0.4, -0.2) is 25.5 Å². The number of rotatable bonds is 4. The highest BCUT2D eigenvalue weighted by Crippen LogP contribution is 2.30. The van der Waals surface area contributed by atoms with Crippen LogP contribution in [0.2, 0.25) is 0 Å². The van der Waals surface area contributed by atoms with Crippen molar-refractivity contribution in [3.63, 3.8) is 0 Å². The second-order valence-electron chi connectivity index (χ2n) is 5.13. The summed E-state index contributed by atoms with van der Waals surface area (Å²) >= 11 is 1.61. The Hall–Kier alpha value is -1.81. The number of fused-ring (bicyclic) bond motifs is 1. The molecule has 2 aromatic rings. The first kappa shape index (κ1) is 14.1. The van der Waals surface area contributed by atoms with Crippen LogP contribution in [0.4, 0.5) is 5.69 Å². The van der Waals surface area contributed by atoms with Gasteiger partial charge in [0, 0.05) is 11.4 Å². The second-order valence-corrected chi connectivity index (χ2v) is 6.30. The van der Waals surface area contributed by atoms with Crippen molar-refractivity contribution in [3.05, 3.63) is 46.2 Å². The van der Waals surface area contributed by atoms with Gasteiger partial charge < -0.3 is 9.64 Å². The molecule has 0 saturated heterocycles. The summed E-state index contributed by atoms with van der Waals surface area (Å²) in [6, 6.07) is 12.0. The number of hydrogen-bond donors (Lipinski definition) is 0. The summed E-state index contributed by atoms with van der Waals surface area (Å²) < 4.78 is 5.74. The summed E-state index contributed by atoms with van der Waals surface area (Å²) in [5.41, 5.74) is 1.02. The predicted octanol–water partition coefficient (Wildman–Crippen LogP) is 3.78. The first-order valence-corrected chi connectivity index (χ1v) is 8.18. The number of hydrogen-bond acceptors (Lipinski definition) is 4. The Bertz CT molecular complexity index is 635. The minimum absolute atomic E-state index is 0.191. The van der Waals surface area contributed by atoms with Crippen molar-refractivity contribution in [2.24, 2.45) is 0 Å². The molecule has 0 saturated carbocycles. The molecule has 0 N–H and O–H groups in total. The van der Waals surface area contributed by atoms with Crippen molar-refractivity contribution in [1.82, 2.24) is 0 Å². The molecule has 3 rings (SSSR count). The Labute approximate surface area is 129 Å². The first-order chi connectivity index (χ1) is 10.3. The standard InChI is InChI=1S/C17H19NO2S/c1-2-13-8-9-17(21-13)15(19)12-18-10-5-11-20-16-7-4-3-6-14(16)18/h3-4,6-9H,2,5,10-12H2,1H3. The van der Waals surface area contributed by atoms with Gasteiger partial charge in [0.25, 0.3) is 0 Å². The van der Waals surface area contributed by atoms with Crippen LogP contribution < -0.4 is 9.64 Å². The number of aryl methyl sites for hydroxylation is 1. The van der Waals surface area contributed by atoms with Gasteiger partial charge in [-0.25, -0.2) is 0 Å². The molecule has 0 radical (unpaired) electrons. The number of para-hydroxylation sites is 2. The third kappa shape index (κ3) is 3.10. The van der Waals surface area contributed by atoms with Crippen molar-refractivity contribution in [3.8, 4) is 5.75 Å². The van der Waals surface area contributed by atoms with Crippen molar-refractivity contribution in [2.45, 2.75) is 19.8 Å². The maximum atomic E-state index is 12.5. The fraction of sp³-hybridized carbons (Fsp3) is 0.353. The first-order valence-electron chi connectivity index (χ1n) is 7.36. The van der Waals surface area contributed by atoms with Gasteiger partial charge in [0.1, 0.15) is 5.75 Å². The van der Waals surface area contributed by atoms with Gasteiger partial charge in [-0.05, 0) is 37.1 Å². The molecule has 1 aromatic carbocycles. The van der Waals surface area contributed by atoms with Gasteiger partial charge in [0.15, 0.2) is 5.78 Å². The van der Waals surface area contributed by atoms with E-state index in [2.05, 4.69) is 17.9 Å². The van der Waals surface area contributed by atoms with E-state index in [1.807, 2.05) is 30.3 Å². The number of benzene rings is 1. The molecule has 2 heterocycles. The number of carbonyl (C=O) groups excluding carboxylic acids is 1. The van der Waals surface area contributed by atoms with Gasteiger partial charge in [-0.3, -0.25) is 4.79 Å². The largest absolute Gasteiger partial charge is 0.491 e. The Morgan fingerprint density at radius 3 is 2.95 bits per heavy atom. The molecule has 1 aliphatic heterocycles. The van der Waals surface area contributed by atoms with Gasteiger partial charge >= 0.3 is 0 Å². The van der Waals surface area contributed by atoms with Crippen LogP contribution in [0.15, 0.2) is 36.4 Å². The molecular formula is C17H19NO2S. The van der Waals surface area contributed by atoms with E-state index in [0.29, 0.717) is 13.2 Å². The Morgan fingerprint density at radius 2 is 2.14 bits per heavy atom. The smallest absolute Gasteiger partial charge is 0.191 e. The SMILES string of the molecule is CCc1ccc(C(=O)CN2CCCOc3ccccc32)s1. The van der Waals surface area contributed by atoms with E-state index < -0.39 is 0 Å². The van der Waals surface area contributed by atoms with Crippen LogP contribution in [-0.2, 0) is 6.42 Å². The molecule has 0 bridgehead atoms. The normalized spacial score (nSPS) is 14.2. The number of Topliss-reactive ketones (excluding diaryl/α,β-unsaturated/α-hetero) is 1. The van der Waals surface area contributed by atoms with Gasteiger partial charge in [0.05, 0.1) is 23.7 Å². The zero-order valence-electron chi connectivity index (χ0n) is 12.2. The fourth-order valence-electron chi connectivity index (χ4n) is 2.53. The number of anilines is 1. The zero-order chi connectivity index (χ0) is 14.7. The molecule has 0 aliphatic carbocycles. The monoisotopic (exact) mass is 301 g/mol. The van der Waals surface area contributed by atoms with E-state index in [4.69, 9.17) is 4.74 Å². The highest BCUT2D eigenvalue weighted by Gasteiger charge is 2.19. The van der Waals surface area contributed by atoms with Crippen LogP contribution in [0.3, 0.4) is 0 Å². The minimum Gasteiger partial charge on any atom is -0.491 e. The molecule has 0 unspecified atom stereocenters. The number of thiophene rings is 1. The van der Waals surface area contributed by atoms with E-state index in [1.54, 1.807) is 11.3 Å². The third-order valence-corrected chi connectivity index (χ3v) is 4.93. The van der Waals surface area contributed by atoms with Crippen LogP contribution in [0, 0.1) is 0 Å². The molecule has 0 amide bonds. The molecule has 21 heavy (non-hydrogen) atoms. The number of ketones is 1. The fourth-order valence-corrected chi connectivity index (χ4v) is 3.41. The molecular weight excluding hydrogens is 282 g/mol. The third-order valence-electron chi connectivity index (χ3n) is 3.66. The summed E-state index contributed by atoms with van der Waals surface area (Å²) in [6.45, 7) is 4.10. The molecule has 1 aliphatic rings. The minimum atomic E-state index is 0.191. The lowest BCUT2D eigenvalue weighted by Gasteiger charge is -2.22. The summed E-state index contributed by atoms with van der Waals surface area (Å²) in [5, 5.41) is 0. The second kappa shape index (κ2) is 6.31. The van der Waals surface area contributed by atoms with E-state index in [-0.39, 0.29) is 5.78 Å². The van der Waals surface area contributed by atoms with Gasteiger partial charge in [-0.1, -0.05) is 19.1 Å². The summed E-state index contributed by atoms with van der Waals surface area (Å²) in [5.74, 6) is 1.07. The van der Waals surface area contributed by atoms with Gasteiger partial charge in [0.2, 0.25) is 0 Å². The Morgan fingerprint density at radius 1 is 1.29 bits per heavy atom. The van der Waals surface area contributed by atoms with E-state index in [1.165, 1.54) is 4.88 Å². The molecule has 0 atom stereocenters. The predicted molar refractivity (Wildman–Crippen MR) is 86.8 cm³/mol. The lowest BCUT2D eigenvalue weighted by atomic mass is 10.2. The van der Waals surface area contributed by atoms with Crippen molar-refractivity contribution in [1.29, 1.82) is 0 Å². The van der Waals surface area contributed by atoms with E-state index >= 15 is 0 Å². The van der Waals surface area contributed by atoms with Gasteiger partial charge in [-0.15, -0.1) is 11.3 Å². The molecule has 110 valence electrons. The summed E-state index contributed by atoms with van der Waals surface area (Å²) in [6.07, 6.45) is 1.92. The number of carbonyl (C=O) groups is 1. The highest BCUT2D eigenvalue weighted by atomic mass is 32.1. The van der Waals surface area contributed by atoms with Crippen LogP contribution in [0.1, 0.15) is 27.9 Å². The lowest BCUT2D eigenvalue weighted by molar-refractivity contribution is 0.100. The molecule has 0 fully saturated rings. The van der Waals surface area contributed by atoms with E-state index in [0.717, 1.165) is 35.7 Å². The van der Waals surface area contributed by atoms with Crippen molar-refractivity contribution >= 4 is 22.8 Å². The maximum Gasteiger partial charge on any atom is 0.191 e. The molecule has 4 heteroatoms. The van der Waals surface area contributed by atoms with Crippen LogP contribution in [0.25, 0.3) is 0 Å². The molecule has 3 nitrogen and oxygen atoms in total. The lowest BCUT2D eigenvalue weighted by Crippen LogP contribution is -2.30. The Kier molecular flexibility index (Phi) is 4.25. The zero-order valence-corrected chi connectivity index (χ0v) is 13.0. The topological polar surface area (TPSA) is 29.5 Å². The summed E-state index contributed by atoms with van der Waals surface area (Å²) in [4.78, 5) is 16.7. The average molecular weight is 301 g/mol. The van der Waals surface area contributed by atoms with E-state index in [9.17, 15) is 4.79 Å².